The number of nitrogens with zero attached hydrogens (tertiary/aromatic N) is 2. The molecule has 0 spiro atoms. The van der Waals surface area contributed by atoms with E-state index in [4.69, 9.17) is 11.6 Å². The van der Waals surface area contributed by atoms with Gasteiger partial charge in [-0.25, -0.2) is 4.98 Å². The highest BCUT2D eigenvalue weighted by molar-refractivity contribution is 9.10. The van der Waals surface area contributed by atoms with Gasteiger partial charge in [-0.1, -0.05) is 23.7 Å². The van der Waals surface area contributed by atoms with Crippen LogP contribution in [0.15, 0.2) is 28.9 Å². The highest BCUT2D eigenvalue weighted by atomic mass is 79.9. The molecule has 2 aromatic rings. The van der Waals surface area contributed by atoms with Crippen molar-refractivity contribution in [3.8, 4) is 11.4 Å². The molecule has 0 unspecified atom stereocenters. The minimum atomic E-state index is 0.725. The zero-order chi connectivity index (χ0) is 13.1. The number of hydrogen-bond donors (Lipinski definition) is 1. The van der Waals surface area contributed by atoms with Gasteiger partial charge in [-0.05, 0) is 35.1 Å². The quantitative estimate of drug-likeness (QED) is 0.933. The number of aromatic nitrogens is 2. The SMILES string of the molecule is CNCCc1c(Br)nc(-c2cccc(Cl)c2)n1C. The van der Waals surface area contributed by atoms with E-state index in [1.165, 1.54) is 5.69 Å². The number of rotatable bonds is 4. The van der Waals surface area contributed by atoms with E-state index in [1.54, 1.807) is 0 Å². The van der Waals surface area contributed by atoms with Crippen LogP contribution in [0.25, 0.3) is 11.4 Å². The minimum Gasteiger partial charge on any atom is -0.330 e. The van der Waals surface area contributed by atoms with Crippen LogP contribution in [0.5, 0.6) is 0 Å². The van der Waals surface area contributed by atoms with E-state index in [-0.39, 0.29) is 0 Å². The van der Waals surface area contributed by atoms with Gasteiger partial charge in [0.15, 0.2) is 0 Å². The second-order valence-electron chi connectivity index (χ2n) is 4.10. The molecule has 0 aliphatic carbocycles. The molecule has 96 valence electrons. The normalized spacial score (nSPS) is 10.9. The van der Waals surface area contributed by atoms with Gasteiger partial charge >= 0.3 is 0 Å². The van der Waals surface area contributed by atoms with Crippen molar-refractivity contribution in [2.75, 3.05) is 13.6 Å². The van der Waals surface area contributed by atoms with Gasteiger partial charge in [0.05, 0.1) is 5.69 Å². The first-order valence-electron chi connectivity index (χ1n) is 5.75. The number of halogens is 2. The Kier molecular flexibility index (Phi) is 4.43. The Labute approximate surface area is 120 Å². The summed E-state index contributed by atoms with van der Waals surface area (Å²) in [6, 6.07) is 7.75. The lowest BCUT2D eigenvalue weighted by Gasteiger charge is -2.06. The number of benzene rings is 1. The van der Waals surface area contributed by atoms with Crippen LogP contribution < -0.4 is 5.32 Å². The molecular weight excluding hydrogens is 314 g/mol. The molecule has 1 aromatic heterocycles. The van der Waals surface area contributed by atoms with Crippen LogP contribution in [0.1, 0.15) is 5.69 Å². The average Bonchev–Trinajstić information content (AvgIpc) is 2.63. The first kappa shape index (κ1) is 13.6. The van der Waals surface area contributed by atoms with Gasteiger partial charge in [0.2, 0.25) is 0 Å². The zero-order valence-electron chi connectivity index (χ0n) is 10.4. The molecule has 3 nitrogen and oxygen atoms in total. The Morgan fingerprint density at radius 2 is 2.22 bits per heavy atom. The maximum atomic E-state index is 6.02. The lowest BCUT2D eigenvalue weighted by Crippen LogP contribution is -2.12. The standard InChI is InChI=1S/C13H15BrClN3/c1-16-7-6-11-12(14)17-13(18(11)2)9-4-3-5-10(15)8-9/h3-5,8,16H,6-7H2,1-2H3. The van der Waals surface area contributed by atoms with Gasteiger partial charge in [0, 0.05) is 30.6 Å². The third-order valence-corrected chi connectivity index (χ3v) is 3.73. The summed E-state index contributed by atoms with van der Waals surface area (Å²) in [7, 11) is 3.97. The van der Waals surface area contributed by atoms with Crippen LogP contribution in [0.4, 0.5) is 0 Å². The summed E-state index contributed by atoms with van der Waals surface area (Å²) in [5.41, 5.74) is 2.21. The molecule has 0 amide bonds. The van der Waals surface area contributed by atoms with Crippen molar-refractivity contribution in [3.05, 3.63) is 39.6 Å². The molecule has 1 N–H and O–H groups in total. The number of likely N-dealkylation sites (N-methyl/N-ethyl adjacent to an activating group) is 1. The highest BCUT2D eigenvalue weighted by Gasteiger charge is 2.13. The van der Waals surface area contributed by atoms with Crippen molar-refractivity contribution < 1.29 is 0 Å². The molecule has 2 rings (SSSR count). The van der Waals surface area contributed by atoms with Crippen LogP contribution in [0, 0.1) is 0 Å². The van der Waals surface area contributed by atoms with Gasteiger partial charge in [-0.3, -0.25) is 0 Å². The molecule has 5 heteroatoms. The van der Waals surface area contributed by atoms with Crippen molar-refractivity contribution in [1.29, 1.82) is 0 Å². The molecular formula is C13H15BrClN3. The van der Waals surface area contributed by atoms with Gasteiger partial charge in [-0.2, -0.15) is 0 Å². The lowest BCUT2D eigenvalue weighted by atomic mass is 10.2. The van der Waals surface area contributed by atoms with E-state index in [1.807, 2.05) is 38.4 Å². The predicted molar refractivity (Wildman–Crippen MR) is 79.0 cm³/mol. The van der Waals surface area contributed by atoms with Crippen molar-refractivity contribution in [1.82, 2.24) is 14.9 Å². The highest BCUT2D eigenvalue weighted by Crippen LogP contribution is 2.26. The largest absolute Gasteiger partial charge is 0.330 e. The smallest absolute Gasteiger partial charge is 0.141 e. The summed E-state index contributed by atoms with van der Waals surface area (Å²) in [4.78, 5) is 4.57. The van der Waals surface area contributed by atoms with Gasteiger partial charge in [0.1, 0.15) is 10.4 Å². The second-order valence-corrected chi connectivity index (χ2v) is 5.28. The lowest BCUT2D eigenvalue weighted by molar-refractivity contribution is 0.738. The maximum absolute atomic E-state index is 6.02. The van der Waals surface area contributed by atoms with E-state index < -0.39 is 0 Å². The van der Waals surface area contributed by atoms with E-state index >= 15 is 0 Å². The van der Waals surface area contributed by atoms with Crippen LogP contribution in [0.3, 0.4) is 0 Å². The summed E-state index contributed by atoms with van der Waals surface area (Å²) in [6.45, 7) is 0.924. The molecule has 0 atom stereocenters. The third kappa shape index (κ3) is 2.76. The Balaban J connectivity index is 2.40. The Hall–Kier alpha value is -0.840. The molecule has 18 heavy (non-hydrogen) atoms. The average molecular weight is 329 g/mol. The van der Waals surface area contributed by atoms with E-state index in [0.29, 0.717) is 0 Å². The van der Waals surface area contributed by atoms with Gasteiger partial charge < -0.3 is 9.88 Å². The summed E-state index contributed by atoms with van der Waals surface area (Å²) in [6.07, 6.45) is 0.932. The molecule has 0 radical (unpaired) electrons. The summed E-state index contributed by atoms with van der Waals surface area (Å²) >= 11 is 9.54. The van der Waals surface area contributed by atoms with Crippen LogP contribution in [0.2, 0.25) is 5.02 Å². The van der Waals surface area contributed by atoms with Gasteiger partial charge in [-0.15, -0.1) is 0 Å². The Morgan fingerprint density at radius 3 is 2.89 bits per heavy atom. The molecule has 0 aliphatic rings. The van der Waals surface area contributed by atoms with Crippen molar-refractivity contribution in [2.45, 2.75) is 6.42 Å². The molecule has 1 aromatic carbocycles. The van der Waals surface area contributed by atoms with Crippen molar-refractivity contribution in [3.63, 3.8) is 0 Å². The van der Waals surface area contributed by atoms with Crippen LogP contribution in [-0.4, -0.2) is 23.1 Å². The maximum Gasteiger partial charge on any atom is 0.141 e. The molecule has 0 fully saturated rings. The monoisotopic (exact) mass is 327 g/mol. The van der Waals surface area contributed by atoms with E-state index in [0.717, 1.165) is 34.0 Å². The fraction of sp³-hybridized carbons (Fsp3) is 0.308. The van der Waals surface area contributed by atoms with Gasteiger partial charge in [0.25, 0.3) is 0 Å². The summed E-state index contributed by atoms with van der Waals surface area (Å²) in [5.74, 6) is 0.926. The second kappa shape index (κ2) is 5.87. The van der Waals surface area contributed by atoms with Crippen LogP contribution in [-0.2, 0) is 13.5 Å². The number of nitrogens with one attached hydrogen (secondary N) is 1. The molecule has 0 aliphatic heterocycles. The molecule has 1 heterocycles. The fourth-order valence-electron chi connectivity index (χ4n) is 1.90. The summed E-state index contributed by atoms with van der Waals surface area (Å²) < 4.78 is 3.00. The van der Waals surface area contributed by atoms with E-state index in [2.05, 4.69) is 30.8 Å². The predicted octanol–water partition coefficient (Wildman–Crippen LogP) is 3.26. The Bertz CT molecular complexity index is 551. The minimum absolute atomic E-state index is 0.725. The Morgan fingerprint density at radius 1 is 1.44 bits per heavy atom. The zero-order valence-corrected chi connectivity index (χ0v) is 12.7. The molecule has 0 saturated heterocycles. The fourth-order valence-corrected chi connectivity index (χ4v) is 2.72. The molecule has 0 bridgehead atoms. The first-order valence-corrected chi connectivity index (χ1v) is 6.92. The topological polar surface area (TPSA) is 29.9 Å². The molecule has 0 saturated carbocycles. The third-order valence-electron chi connectivity index (χ3n) is 2.86. The van der Waals surface area contributed by atoms with Crippen molar-refractivity contribution >= 4 is 27.5 Å². The first-order chi connectivity index (χ1) is 8.63. The van der Waals surface area contributed by atoms with Crippen molar-refractivity contribution in [2.24, 2.45) is 7.05 Å². The number of imidazole rings is 1. The van der Waals surface area contributed by atoms with Crippen LogP contribution >= 0.6 is 27.5 Å². The van der Waals surface area contributed by atoms with E-state index in [9.17, 15) is 0 Å². The summed E-state index contributed by atoms with van der Waals surface area (Å²) in [5, 5.41) is 3.87. The number of hydrogen-bond acceptors (Lipinski definition) is 2.